The Morgan fingerprint density at radius 2 is 1.94 bits per heavy atom. The molecule has 0 aliphatic carbocycles. The summed E-state index contributed by atoms with van der Waals surface area (Å²) in [6, 6.07) is 3.70. The van der Waals surface area contributed by atoms with E-state index in [1.54, 1.807) is 26.2 Å². The van der Waals surface area contributed by atoms with Gasteiger partial charge in [-0.2, -0.15) is 8.42 Å². The minimum Gasteiger partial charge on any atom is -0.481 e. The molecule has 0 amide bonds. The highest BCUT2D eigenvalue weighted by Gasteiger charge is 2.27. The summed E-state index contributed by atoms with van der Waals surface area (Å²) < 4.78 is 25.9. The second kappa shape index (κ2) is 6.46. The molecular weight excluding hydrogens is 258 g/mol. The summed E-state index contributed by atoms with van der Waals surface area (Å²) in [5.74, 6) is -0.781. The molecule has 2 N–H and O–H groups in total. The quantitative estimate of drug-likeness (QED) is 0.804. The fourth-order valence-electron chi connectivity index (χ4n) is 1.09. The molecule has 1 rings (SSSR count). The molecule has 0 radical (unpaired) electrons. The van der Waals surface area contributed by atoms with Crippen molar-refractivity contribution in [3.05, 3.63) is 30.1 Å². The number of aromatic nitrogens is 1. The Hall–Kier alpha value is -1.47. The first-order valence-corrected chi connectivity index (χ1v) is 6.92. The number of hydrogen-bond acceptors (Lipinski definition) is 4. The maximum Gasteiger partial charge on any atom is 0.309 e. The lowest BCUT2D eigenvalue weighted by atomic mass is 9.86. The van der Waals surface area contributed by atoms with Gasteiger partial charge in [-0.25, -0.2) is 0 Å². The Morgan fingerprint density at radius 3 is 2.28 bits per heavy atom. The van der Waals surface area contributed by atoms with Gasteiger partial charge >= 0.3 is 5.97 Å². The second-order valence-corrected chi connectivity index (χ2v) is 5.93. The molecule has 18 heavy (non-hydrogen) atoms. The van der Waals surface area contributed by atoms with E-state index in [1.807, 2.05) is 12.1 Å². The van der Waals surface area contributed by atoms with Gasteiger partial charge in [0.2, 0.25) is 0 Å². The normalized spacial score (nSPS) is 11.3. The molecule has 1 aromatic heterocycles. The fourth-order valence-corrected chi connectivity index (χ4v) is 1.09. The molecule has 7 heteroatoms. The molecule has 6 nitrogen and oxygen atoms in total. The Morgan fingerprint density at radius 1 is 1.44 bits per heavy atom. The standard InChI is InChI=1S/C10H13NO2.CH4O3S/c1-10(2,9(12)13)6-8-4-3-5-11-7-8;1-5(2,3)4/h3-5,7H,6H2,1-2H3,(H,12,13);1H3,(H,2,3,4). The van der Waals surface area contributed by atoms with Crippen LogP contribution in [0.4, 0.5) is 0 Å². The summed E-state index contributed by atoms with van der Waals surface area (Å²) in [5.41, 5.74) is 0.234. The topological polar surface area (TPSA) is 105 Å². The van der Waals surface area contributed by atoms with Crippen LogP contribution in [-0.2, 0) is 21.3 Å². The minimum atomic E-state index is -3.67. The summed E-state index contributed by atoms with van der Waals surface area (Å²) >= 11 is 0. The predicted octanol–water partition coefficient (Wildman–Crippen LogP) is 1.24. The SMILES string of the molecule is CC(C)(Cc1cccnc1)C(=O)O.CS(=O)(=O)O. The van der Waals surface area contributed by atoms with Gasteiger partial charge in [-0.15, -0.1) is 0 Å². The van der Waals surface area contributed by atoms with Crippen molar-refractivity contribution in [1.29, 1.82) is 0 Å². The highest BCUT2D eigenvalue weighted by molar-refractivity contribution is 7.85. The maximum atomic E-state index is 10.8. The smallest absolute Gasteiger partial charge is 0.309 e. The molecule has 0 unspecified atom stereocenters. The van der Waals surface area contributed by atoms with Gasteiger partial charge in [0.1, 0.15) is 0 Å². The first kappa shape index (κ1) is 16.5. The number of rotatable bonds is 3. The van der Waals surface area contributed by atoms with Crippen molar-refractivity contribution in [3.63, 3.8) is 0 Å². The summed E-state index contributed by atoms with van der Waals surface area (Å²) in [4.78, 5) is 14.7. The van der Waals surface area contributed by atoms with Gasteiger partial charge in [0.25, 0.3) is 10.1 Å². The molecule has 0 fully saturated rings. The number of carbonyl (C=O) groups is 1. The zero-order valence-corrected chi connectivity index (χ0v) is 11.3. The predicted molar refractivity (Wildman–Crippen MR) is 66.8 cm³/mol. The van der Waals surface area contributed by atoms with Crippen LogP contribution in [0.3, 0.4) is 0 Å². The van der Waals surface area contributed by atoms with Gasteiger partial charge in [-0.3, -0.25) is 14.3 Å². The maximum absolute atomic E-state index is 10.8. The summed E-state index contributed by atoms with van der Waals surface area (Å²) in [6.45, 7) is 3.42. The van der Waals surface area contributed by atoms with E-state index in [1.165, 1.54) is 0 Å². The van der Waals surface area contributed by atoms with Gasteiger partial charge in [-0.05, 0) is 31.9 Å². The van der Waals surface area contributed by atoms with Crippen LogP contribution in [0, 0.1) is 5.41 Å². The molecule has 0 saturated heterocycles. The third-order valence-electron chi connectivity index (χ3n) is 1.95. The van der Waals surface area contributed by atoms with E-state index in [0.717, 1.165) is 5.56 Å². The van der Waals surface area contributed by atoms with Crippen molar-refractivity contribution in [1.82, 2.24) is 4.98 Å². The lowest BCUT2D eigenvalue weighted by molar-refractivity contribution is -0.146. The highest BCUT2D eigenvalue weighted by atomic mass is 32.2. The average Bonchev–Trinajstić information content (AvgIpc) is 2.15. The number of hydrogen-bond donors (Lipinski definition) is 2. The molecule has 0 aliphatic heterocycles. The lowest BCUT2D eigenvalue weighted by Gasteiger charge is -2.18. The van der Waals surface area contributed by atoms with E-state index < -0.39 is 21.5 Å². The van der Waals surface area contributed by atoms with Gasteiger partial charge in [0.05, 0.1) is 11.7 Å². The van der Waals surface area contributed by atoms with Crippen molar-refractivity contribution in [2.24, 2.45) is 5.41 Å². The van der Waals surface area contributed by atoms with Crippen molar-refractivity contribution in [3.8, 4) is 0 Å². The van der Waals surface area contributed by atoms with E-state index in [9.17, 15) is 13.2 Å². The summed E-state index contributed by atoms with van der Waals surface area (Å²) in [7, 11) is -3.67. The number of carboxylic acid groups (broad SMARTS) is 1. The number of carboxylic acids is 1. The summed E-state index contributed by atoms with van der Waals surface area (Å²) in [5, 5.41) is 8.88. The van der Waals surface area contributed by atoms with Crippen molar-refractivity contribution in [2.45, 2.75) is 20.3 Å². The van der Waals surface area contributed by atoms with Gasteiger partial charge in [-0.1, -0.05) is 6.07 Å². The van der Waals surface area contributed by atoms with Crippen LogP contribution in [0.2, 0.25) is 0 Å². The molecular formula is C11H17NO5S. The van der Waals surface area contributed by atoms with Gasteiger partial charge < -0.3 is 5.11 Å². The Balaban J connectivity index is 0.000000494. The van der Waals surface area contributed by atoms with E-state index in [4.69, 9.17) is 9.66 Å². The third kappa shape index (κ3) is 8.66. The van der Waals surface area contributed by atoms with E-state index in [0.29, 0.717) is 12.7 Å². The van der Waals surface area contributed by atoms with Crippen LogP contribution >= 0.6 is 0 Å². The molecule has 1 aromatic rings. The van der Waals surface area contributed by atoms with Crippen LogP contribution in [-0.4, -0.2) is 35.3 Å². The molecule has 0 spiro atoms. The zero-order chi connectivity index (χ0) is 14.4. The summed E-state index contributed by atoms with van der Waals surface area (Å²) in [6.07, 6.45) is 4.60. The van der Waals surface area contributed by atoms with Crippen LogP contribution in [0.15, 0.2) is 24.5 Å². The van der Waals surface area contributed by atoms with Gasteiger partial charge in [0.15, 0.2) is 0 Å². The van der Waals surface area contributed by atoms with Gasteiger partial charge in [0, 0.05) is 12.4 Å². The highest BCUT2D eigenvalue weighted by Crippen LogP contribution is 2.21. The molecule has 0 aromatic carbocycles. The number of nitrogens with zero attached hydrogens (tertiary/aromatic N) is 1. The molecule has 1 heterocycles. The molecule has 0 bridgehead atoms. The molecule has 0 aliphatic rings. The van der Waals surface area contributed by atoms with Crippen molar-refractivity contribution < 1.29 is 22.9 Å². The van der Waals surface area contributed by atoms with Crippen molar-refractivity contribution in [2.75, 3.05) is 6.26 Å². The van der Waals surface area contributed by atoms with Crippen LogP contribution in [0.1, 0.15) is 19.4 Å². The molecule has 102 valence electrons. The fraction of sp³-hybridized carbons (Fsp3) is 0.455. The Bertz CT molecular complexity index is 473. The van der Waals surface area contributed by atoms with E-state index in [2.05, 4.69) is 4.98 Å². The largest absolute Gasteiger partial charge is 0.481 e. The van der Waals surface area contributed by atoms with E-state index >= 15 is 0 Å². The molecule has 0 saturated carbocycles. The molecule has 0 atom stereocenters. The second-order valence-electron chi connectivity index (χ2n) is 4.46. The number of aliphatic carboxylic acids is 1. The van der Waals surface area contributed by atoms with E-state index in [-0.39, 0.29) is 0 Å². The Kier molecular flexibility index (Phi) is 5.93. The minimum absolute atomic E-state index is 0.510. The Labute approximate surface area is 106 Å². The number of pyridine rings is 1. The first-order chi connectivity index (χ1) is 8.02. The van der Waals surface area contributed by atoms with Crippen LogP contribution < -0.4 is 0 Å². The lowest BCUT2D eigenvalue weighted by Crippen LogP contribution is -2.26. The first-order valence-electron chi connectivity index (χ1n) is 5.07. The average molecular weight is 275 g/mol. The zero-order valence-electron chi connectivity index (χ0n) is 10.5. The van der Waals surface area contributed by atoms with Crippen LogP contribution in [0.25, 0.3) is 0 Å². The monoisotopic (exact) mass is 275 g/mol. The van der Waals surface area contributed by atoms with Crippen molar-refractivity contribution >= 4 is 16.1 Å². The van der Waals surface area contributed by atoms with Crippen LogP contribution in [0.5, 0.6) is 0 Å². The third-order valence-corrected chi connectivity index (χ3v) is 1.95.